The fourth-order valence-corrected chi connectivity index (χ4v) is 3.64. The molecule has 1 N–H and O–H groups in total. The Bertz CT molecular complexity index is 692. The summed E-state index contributed by atoms with van der Waals surface area (Å²) in [6.07, 6.45) is 3.85. The van der Waals surface area contributed by atoms with Crippen LogP contribution in [0.15, 0.2) is 54.6 Å². The maximum atomic E-state index is 12.4. The van der Waals surface area contributed by atoms with Crippen LogP contribution in [-0.4, -0.2) is 37.6 Å². The van der Waals surface area contributed by atoms with Crippen LogP contribution in [0, 0.1) is 5.92 Å². The Balaban J connectivity index is 1.32. The first-order valence-electron chi connectivity index (χ1n) is 9.91. The van der Waals surface area contributed by atoms with Crippen LogP contribution in [0.3, 0.4) is 0 Å². The Kier molecular flexibility index (Phi) is 7.28. The van der Waals surface area contributed by atoms with Gasteiger partial charge in [0.2, 0.25) is 5.91 Å². The number of aryl methyl sites for hydroxylation is 1. The molecule has 27 heavy (non-hydrogen) atoms. The van der Waals surface area contributed by atoms with Gasteiger partial charge < -0.3 is 10.1 Å². The molecule has 3 rings (SSSR count). The van der Waals surface area contributed by atoms with Crippen molar-refractivity contribution in [1.82, 2.24) is 10.2 Å². The second kappa shape index (κ2) is 10.1. The van der Waals surface area contributed by atoms with Gasteiger partial charge in [0.15, 0.2) is 0 Å². The number of carbonyl (C=O) groups is 1. The molecule has 1 amide bonds. The van der Waals surface area contributed by atoms with Crippen LogP contribution >= 0.6 is 0 Å². The molecule has 0 spiro atoms. The van der Waals surface area contributed by atoms with Crippen molar-refractivity contribution in [3.05, 3.63) is 65.7 Å². The highest BCUT2D eigenvalue weighted by atomic mass is 16.5. The maximum Gasteiger partial charge on any atom is 0.223 e. The van der Waals surface area contributed by atoms with E-state index in [0.717, 1.165) is 57.6 Å². The van der Waals surface area contributed by atoms with E-state index in [-0.39, 0.29) is 11.8 Å². The second-order valence-electron chi connectivity index (χ2n) is 7.28. The van der Waals surface area contributed by atoms with Gasteiger partial charge in [-0.05, 0) is 62.0 Å². The van der Waals surface area contributed by atoms with Crippen molar-refractivity contribution < 1.29 is 9.53 Å². The second-order valence-corrected chi connectivity index (χ2v) is 7.28. The zero-order valence-electron chi connectivity index (χ0n) is 16.2. The Morgan fingerprint density at radius 1 is 1.04 bits per heavy atom. The van der Waals surface area contributed by atoms with Crippen molar-refractivity contribution in [3.63, 3.8) is 0 Å². The first-order chi connectivity index (χ1) is 13.2. The number of rotatable bonds is 8. The standard InChI is InChI=1S/C23H30N2O2/c1-27-22-11-9-19(10-12-22)8-5-15-24-23(26)21-13-16-25(17-14-21)18-20-6-3-2-4-7-20/h2-4,6-7,9-12,21H,5,8,13-18H2,1H3,(H,24,26). The molecular weight excluding hydrogens is 336 g/mol. The summed E-state index contributed by atoms with van der Waals surface area (Å²) < 4.78 is 5.17. The van der Waals surface area contributed by atoms with Crippen LogP contribution in [0.4, 0.5) is 0 Å². The SMILES string of the molecule is COc1ccc(CCCNC(=O)C2CCN(Cc3ccccc3)CC2)cc1. The van der Waals surface area contributed by atoms with Crippen molar-refractivity contribution in [2.45, 2.75) is 32.2 Å². The molecule has 4 heteroatoms. The first kappa shape index (κ1) is 19.4. The molecule has 0 aromatic heterocycles. The van der Waals surface area contributed by atoms with Crippen LogP contribution in [0.1, 0.15) is 30.4 Å². The summed E-state index contributed by atoms with van der Waals surface area (Å²) in [5.74, 6) is 1.27. The summed E-state index contributed by atoms with van der Waals surface area (Å²) in [6, 6.07) is 18.7. The van der Waals surface area contributed by atoms with E-state index < -0.39 is 0 Å². The predicted molar refractivity (Wildman–Crippen MR) is 109 cm³/mol. The van der Waals surface area contributed by atoms with Crippen LogP contribution in [0.5, 0.6) is 5.75 Å². The Labute approximate surface area is 162 Å². The molecule has 144 valence electrons. The average molecular weight is 367 g/mol. The van der Waals surface area contributed by atoms with Crippen LogP contribution in [0.2, 0.25) is 0 Å². The van der Waals surface area contributed by atoms with Crippen LogP contribution < -0.4 is 10.1 Å². The third-order valence-corrected chi connectivity index (χ3v) is 5.31. The normalized spacial score (nSPS) is 15.4. The third-order valence-electron chi connectivity index (χ3n) is 5.31. The molecule has 1 aliphatic rings. The quantitative estimate of drug-likeness (QED) is 0.725. The van der Waals surface area contributed by atoms with E-state index in [1.54, 1.807) is 7.11 Å². The average Bonchev–Trinajstić information content (AvgIpc) is 2.73. The first-order valence-corrected chi connectivity index (χ1v) is 9.91. The molecule has 0 radical (unpaired) electrons. The summed E-state index contributed by atoms with van der Waals surface area (Å²) in [7, 11) is 1.68. The number of likely N-dealkylation sites (tertiary alicyclic amines) is 1. The minimum absolute atomic E-state index is 0.165. The zero-order valence-corrected chi connectivity index (χ0v) is 16.2. The molecule has 0 aliphatic carbocycles. The minimum atomic E-state index is 0.165. The smallest absolute Gasteiger partial charge is 0.223 e. The highest BCUT2D eigenvalue weighted by Crippen LogP contribution is 2.19. The van der Waals surface area contributed by atoms with Crippen molar-refractivity contribution >= 4 is 5.91 Å². The predicted octanol–water partition coefficient (Wildman–Crippen LogP) is 3.66. The van der Waals surface area contributed by atoms with Gasteiger partial charge in [0.1, 0.15) is 5.75 Å². The Morgan fingerprint density at radius 3 is 2.41 bits per heavy atom. The maximum absolute atomic E-state index is 12.4. The highest BCUT2D eigenvalue weighted by Gasteiger charge is 2.24. The van der Waals surface area contributed by atoms with Gasteiger partial charge in [-0.2, -0.15) is 0 Å². The molecular formula is C23H30N2O2. The summed E-state index contributed by atoms with van der Waals surface area (Å²) >= 11 is 0. The summed E-state index contributed by atoms with van der Waals surface area (Å²) in [6.45, 7) is 3.73. The number of nitrogens with one attached hydrogen (secondary N) is 1. The number of piperidine rings is 1. The molecule has 2 aromatic rings. The van der Waals surface area contributed by atoms with Crippen LogP contribution in [-0.2, 0) is 17.8 Å². The summed E-state index contributed by atoms with van der Waals surface area (Å²) in [4.78, 5) is 14.9. The van der Waals surface area contributed by atoms with Crippen molar-refractivity contribution in [3.8, 4) is 5.75 Å². The van der Waals surface area contributed by atoms with Crippen LogP contribution in [0.25, 0.3) is 0 Å². The lowest BCUT2D eigenvalue weighted by Crippen LogP contribution is -2.40. The van der Waals surface area contributed by atoms with Crippen molar-refractivity contribution in [2.75, 3.05) is 26.7 Å². The fraction of sp³-hybridized carbons (Fsp3) is 0.435. The number of amides is 1. The van der Waals surface area contributed by atoms with E-state index in [4.69, 9.17) is 4.74 Å². The number of benzene rings is 2. The van der Waals surface area contributed by atoms with E-state index in [9.17, 15) is 4.79 Å². The lowest BCUT2D eigenvalue weighted by molar-refractivity contribution is -0.126. The summed E-state index contributed by atoms with van der Waals surface area (Å²) in [5.41, 5.74) is 2.62. The molecule has 1 aliphatic heterocycles. The van der Waals surface area contributed by atoms with Gasteiger partial charge in [-0.3, -0.25) is 9.69 Å². The number of methoxy groups -OCH3 is 1. The van der Waals surface area contributed by atoms with Gasteiger partial charge >= 0.3 is 0 Å². The largest absolute Gasteiger partial charge is 0.497 e. The molecule has 2 aromatic carbocycles. The lowest BCUT2D eigenvalue weighted by atomic mass is 9.95. The minimum Gasteiger partial charge on any atom is -0.497 e. The van der Waals surface area contributed by atoms with E-state index in [1.807, 2.05) is 12.1 Å². The number of hydrogen-bond acceptors (Lipinski definition) is 3. The topological polar surface area (TPSA) is 41.6 Å². The van der Waals surface area contributed by atoms with Gasteiger partial charge in [0.05, 0.1) is 7.11 Å². The lowest BCUT2D eigenvalue weighted by Gasteiger charge is -2.31. The molecule has 1 saturated heterocycles. The number of carbonyl (C=O) groups excluding carboxylic acids is 1. The van der Waals surface area contributed by atoms with Gasteiger partial charge in [0, 0.05) is 19.0 Å². The number of nitrogens with zero attached hydrogens (tertiary/aromatic N) is 1. The van der Waals surface area contributed by atoms with Crippen molar-refractivity contribution in [1.29, 1.82) is 0 Å². The molecule has 1 fully saturated rings. The number of ether oxygens (including phenoxy) is 1. The fourth-order valence-electron chi connectivity index (χ4n) is 3.64. The molecule has 0 saturated carbocycles. The third kappa shape index (κ3) is 6.10. The zero-order chi connectivity index (χ0) is 18.9. The van der Waals surface area contributed by atoms with E-state index >= 15 is 0 Å². The Hall–Kier alpha value is -2.33. The van der Waals surface area contributed by atoms with E-state index in [0.29, 0.717) is 0 Å². The highest BCUT2D eigenvalue weighted by molar-refractivity contribution is 5.78. The number of hydrogen-bond donors (Lipinski definition) is 1. The van der Waals surface area contributed by atoms with Gasteiger partial charge in [-0.25, -0.2) is 0 Å². The molecule has 1 heterocycles. The van der Waals surface area contributed by atoms with E-state index in [1.165, 1.54) is 11.1 Å². The van der Waals surface area contributed by atoms with Gasteiger partial charge in [0.25, 0.3) is 0 Å². The van der Waals surface area contributed by atoms with Crippen molar-refractivity contribution in [2.24, 2.45) is 5.92 Å². The Morgan fingerprint density at radius 2 is 1.74 bits per heavy atom. The molecule has 0 atom stereocenters. The van der Waals surface area contributed by atoms with Gasteiger partial charge in [-0.1, -0.05) is 42.5 Å². The van der Waals surface area contributed by atoms with E-state index in [2.05, 4.69) is 52.7 Å². The summed E-state index contributed by atoms with van der Waals surface area (Å²) in [5, 5.41) is 3.13. The van der Waals surface area contributed by atoms with Gasteiger partial charge in [-0.15, -0.1) is 0 Å². The molecule has 4 nitrogen and oxygen atoms in total. The molecule has 0 bridgehead atoms. The molecule has 0 unspecified atom stereocenters. The monoisotopic (exact) mass is 366 g/mol.